The molecule has 0 saturated heterocycles. The Bertz CT molecular complexity index is 493. The third kappa shape index (κ3) is 4.95. The molecule has 23 heavy (non-hydrogen) atoms. The van der Waals surface area contributed by atoms with Gasteiger partial charge in [-0.3, -0.25) is 0 Å². The molecule has 0 radical (unpaired) electrons. The lowest BCUT2D eigenvalue weighted by atomic mass is 9.73. The summed E-state index contributed by atoms with van der Waals surface area (Å²) in [5, 5.41) is 31.3. The normalized spacial score (nSPS) is 30.3. The van der Waals surface area contributed by atoms with Crippen molar-refractivity contribution in [3.05, 3.63) is 0 Å². The number of unbranched alkanes of at least 4 members (excludes halogenated alkanes) is 4. The number of oxime groups is 1. The van der Waals surface area contributed by atoms with Crippen LogP contribution in [0.5, 0.6) is 0 Å². The molecule has 0 heterocycles. The highest BCUT2D eigenvalue weighted by Crippen LogP contribution is 2.47. The summed E-state index contributed by atoms with van der Waals surface area (Å²) >= 11 is 0. The molecule has 0 aromatic rings. The Balaban J connectivity index is 1.72. The van der Waals surface area contributed by atoms with E-state index in [1.807, 2.05) is 0 Å². The van der Waals surface area contributed by atoms with Crippen molar-refractivity contribution in [2.24, 2.45) is 22.9 Å². The number of carboxylic acid groups (broad SMARTS) is 1. The molecule has 0 spiro atoms. The number of carboxylic acids is 1. The summed E-state index contributed by atoms with van der Waals surface area (Å²) in [7, 11) is 0. The maximum atomic E-state index is 10.4. The molecule has 2 rings (SSSR count). The molecule has 0 aliphatic heterocycles. The first-order valence-corrected chi connectivity index (χ1v) is 8.31. The number of nitrogens with zero attached hydrogens (tertiary/aromatic N) is 1. The van der Waals surface area contributed by atoms with E-state index in [2.05, 4.69) is 17.0 Å². The van der Waals surface area contributed by atoms with Gasteiger partial charge in [0.1, 0.15) is 0 Å². The van der Waals surface area contributed by atoms with Crippen molar-refractivity contribution in [3.8, 4) is 11.8 Å². The predicted octanol–water partition coefficient (Wildman–Crippen LogP) is 1.41. The van der Waals surface area contributed by atoms with Crippen molar-refractivity contribution in [1.29, 1.82) is 0 Å². The van der Waals surface area contributed by atoms with Crippen LogP contribution < -0.4 is 0 Å². The standard InChI is InChI=1S/C17H25NO5/c19-8-6-4-2-1-3-5-7-12-9-13-14(17(12)22)10-15(13)18-23-11-16(20)21/h12-14,17,19,22H,1-4,6,8-11H2,(H,20,21)/t12-,13?,14?,17+/m0/s1. The molecule has 2 aliphatic carbocycles. The van der Waals surface area contributed by atoms with Crippen molar-refractivity contribution in [2.75, 3.05) is 13.2 Å². The van der Waals surface area contributed by atoms with Gasteiger partial charge in [0.2, 0.25) is 6.61 Å². The van der Waals surface area contributed by atoms with Crippen molar-refractivity contribution in [2.45, 2.75) is 51.0 Å². The smallest absolute Gasteiger partial charge is 0.344 e. The Kier molecular flexibility index (Phi) is 6.87. The molecule has 128 valence electrons. The highest BCUT2D eigenvalue weighted by Gasteiger charge is 2.51. The van der Waals surface area contributed by atoms with Crippen molar-refractivity contribution >= 4 is 11.7 Å². The molecule has 4 atom stereocenters. The van der Waals surface area contributed by atoms with Gasteiger partial charge in [-0.1, -0.05) is 23.9 Å². The molecule has 0 aromatic heterocycles. The van der Waals surface area contributed by atoms with Crippen LogP contribution in [0, 0.1) is 29.6 Å². The Morgan fingerprint density at radius 2 is 2.09 bits per heavy atom. The fourth-order valence-corrected chi connectivity index (χ4v) is 3.30. The van der Waals surface area contributed by atoms with Gasteiger partial charge in [-0.25, -0.2) is 4.79 Å². The molecule has 2 saturated carbocycles. The maximum absolute atomic E-state index is 10.4. The number of rotatable bonds is 8. The molecule has 2 aliphatic rings. The summed E-state index contributed by atoms with van der Waals surface area (Å²) in [6, 6.07) is 0. The van der Waals surface area contributed by atoms with Crippen molar-refractivity contribution in [3.63, 3.8) is 0 Å². The number of aliphatic carboxylic acids is 1. The first kappa shape index (κ1) is 17.8. The predicted molar refractivity (Wildman–Crippen MR) is 84.7 cm³/mol. The summed E-state index contributed by atoms with van der Waals surface area (Å²) in [6.45, 7) is -0.175. The monoisotopic (exact) mass is 323 g/mol. The Labute approximate surface area is 136 Å². The first-order chi connectivity index (χ1) is 11.1. The van der Waals surface area contributed by atoms with Crippen LogP contribution in [0.25, 0.3) is 0 Å². The van der Waals surface area contributed by atoms with E-state index in [0.717, 1.165) is 44.2 Å². The van der Waals surface area contributed by atoms with E-state index in [4.69, 9.17) is 15.1 Å². The van der Waals surface area contributed by atoms with Crippen molar-refractivity contribution < 1.29 is 25.0 Å². The third-order valence-electron chi connectivity index (χ3n) is 4.62. The van der Waals surface area contributed by atoms with Crippen LogP contribution >= 0.6 is 0 Å². The lowest BCUT2D eigenvalue weighted by molar-refractivity contribution is -0.142. The van der Waals surface area contributed by atoms with Gasteiger partial charge in [0.25, 0.3) is 0 Å². The van der Waals surface area contributed by atoms with Crippen LogP contribution in [0.2, 0.25) is 0 Å². The number of hydrogen-bond donors (Lipinski definition) is 3. The second-order valence-electron chi connectivity index (χ2n) is 6.27. The molecule has 2 fully saturated rings. The summed E-state index contributed by atoms with van der Waals surface area (Å²) in [5.74, 6) is 5.64. The average molecular weight is 323 g/mol. The fourth-order valence-electron chi connectivity index (χ4n) is 3.30. The van der Waals surface area contributed by atoms with E-state index in [-0.39, 0.29) is 24.4 Å². The molecule has 6 nitrogen and oxygen atoms in total. The molecular weight excluding hydrogens is 298 g/mol. The highest BCUT2D eigenvalue weighted by molar-refractivity contribution is 5.93. The van der Waals surface area contributed by atoms with Gasteiger partial charge in [-0.15, -0.1) is 5.92 Å². The second-order valence-corrected chi connectivity index (χ2v) is 6.27. The van der Waals surface area contributed by atoms with Gasteiger partial charge in [0.15, 0.2) is 0 Å². The summed E-state index contributed by atoms with van der Waals surface area (Å²) < 4.78 is 0. The van der Waals surface area contributed by atoms with Crippen LogP contribution in [0.4, 0.5) is 0 Å². The molecule has 0 amide bonds. The lowest BCUT2D eigenvalue weighted by Crippen LogP contribution is -2.38. The Morgan fingerprint density at radius 3 is 2.83 bits per heavy atom. The number of aliphatic hydroxyl groups is 2. The van der Waals surface area contributed by atoms with Gasteiger partial charge in [0.05, 0.1) is 11.8 Å². The molecule has 3 N–H and O–H groups in total. The summed E-state index contributed by atoms with van der Waals surface area (Å²) in [6.07, 6.45) is 5.84. The molecular formula is C17H25NO5. The highest BCUT2D eigenvalue weighted by atomic mass is 16.6. The van der Waals surface area contributed by atoms with Crippen molar-refractivity contribution in [1.82, 2.24) is 0 Å². The van der Waals surface area contributed by atoms with Gasteiger partial charge >= 0.3 is 5.97 Å². The fraction of sp³-hybridized carbons (Fsp3) is 0.765. The van der Waals surface area contributed by atoms with E-state index in [1.54, 1.807) is 0 Å². The Hall–Kier alpha value is -1.58. The zero-order valence-electron chi connectivity index (χ0n) is 13.3. The van der Waals surface area contributed by atoms with E-state index in [9.17, 15) is 9.90 Å². The number of aliphatic hydroxyl groups excluding tert-OH is 2. The minimum atomic E-state index is -1.04. The zero-order chi connectivity index (χ0) is 16.7. The topological polar surface area (TPSA) is 99.4 Å². The third-order valence-corrected chi connectivity index (χ3v) is 4.62. The first-order valence-electron chi connectivity index (χ1n) is 8.31. The number of hydrogen-bond acceptors (Lipinski definition) is 5. The number of fused-ring (bicyclic) bond motifs is 1. The summed E-state index contributed by atoms with van der Waals surface area (Å²) in [5.41, 5.74) is 0.851. The number of carbonyl (C=O) groups is 1. The van der Waals surface area contributed by atoms with Crippen LogP contribution in [0.1, 0.15) is 44.9 Å². The van der Waals surface area contributed by atoms with E-state index >= 15 is 0 Å². The minimum absolute atomic E-state index is 0.0189. The molecule has 6 heteroatoms. The van der Waals surface area contributed by atoms with E-state index < -0.39 is 18.7 Å². The SMILES string of the molecule is O=C(O)CON=C1CC2C1C[C@H](C#CCCCCCCO)[C@H]2O. The van der Waals surface area contributed by atoms with Gasteiger partial charge in [-0.05, 0) is 31.6 Å². The van der Waals surface area contributed by atoms with Gasteiger partial charge in [-0.2, -0.15) is 0 Å². The quantitative estimate of drug-likeness (QED) is 0.356. The minimum Gasteiger partial charge on any atom is -0.479 e. The van der Waals surface area contributed by atoms with Gasteiger partial charge < -0.3 is 20.2 Å². The second kappa shape index (κ2) is 8.90. The van der Waals surface area contributed by atoms with E-state index in [1.165, 1.54) is 0 Å². The molecule has 0 aromatic carbocycles. The lowest BCUT2D eigenvalue weighted by Gasteiger charge is -2.33. The maximum Gasteiger partial charge on any atom is 0.344 e. The average Bonchev–Trinajstić information content (AvgIpc) is 2.74. The van der Waals surface area contributed by atoms with Crippen LogP contribution in [-0.2, 0) is 9.63 Å². The largest absolute Gasteiger partial charge is 0.479 e. The van der Waals surface area contributed by atoms with Crippen LogP contribution in [0.15, 0.2) is 5.16 Å². The van der Waals surface area contributed by atoms with Crippen LogP contribution in [0.3, 0.4) is 0 Å². The summed E-state index contributed by atoms with van der Waals surface area (Å²) in [4.78, 5) is 15.2. The Morgan fingerprint density at radius 1 is 1.30 bits per heavy atom. The van der Waals surface area contributed by atoms with Crippen LogP contribution in [-0.4, -0.2) is 46.3 Å². The van der Waals surface area contributed by atoms with E-state index in [0.29, 0.717) is 6.42 Å². The molecule has 0 bridgehead atoms. The van der Waals surface area contributed by atoms with Gasteiger partial charge in [0, 0.05) is 24.9 Å². The zero-order valence-corrected chi connectivity index (χ0v) is 13.3. The molecule has 2 unspecified atom stereocenters.